The summed E-state index contributed by atoms with van der Waals surface area (Å²) in [5.41, 5.74) is 3.30. The fourth-order valence-corrected chi connectivity index (χ4v) is 1.96. The Balaban J connectivity index is 2.82. The second-order valence-electron chi connectivity index (χ2n) is 6.03. The molecular formula is C17H25NO. The Bertz CT molecular complexity index is 449. The summed E-state index contributed by atoms with van der Waals surface area (Å²) in [7, 11) is 0. The van der Waals surface area contributed by atoms with Crippen LogP contribution in [-0.2, 0) is 0 Å². The minimum atomic E-state index is 0.00542. The number of nitrogens with one attached hydrogen (secondary N) is 1. The zero-order valence-corrected chi connectivity index (χ0v) is 12.7. The third-order valence-electron chi connectivity index (χ3n) is 2.79. The molecule has 2 heteroatoms. The van der Waals surface area contributed by atoms with Crippen molar-refractivity contribution in [1.29, 1.82) is 0 Å². The van der Waals surface area contributed by atoms with Gasteiger partial charge in [0.1, 0.15) is 0 Å². The van der Waals surface area contributed by atoms with E-state index in [1.807, 2.05) is 31.2 Å². The maximum Gasteiger partial charge on any atom is 0.251 e. The summed E-state index contributed by atoms with van der Waals surface area (Å²) >= 11 is 0. The van der Waals surface area contributed by atoms with Crippen LogP contribution in [0.15, 0.2) is 30.3 Å². The lowest BCUT2D eigenvalue weighted by molar-refractivity contribution is 0.0953. The van der Waals surface area contributed by atoms with Crippen molar-refractivity contribution < 1.29 is 4.79 Å². The summed E-state index contributed by atoms with van der Waals surface area (Å²) in [5, 5.41) is 2.88. The van der Waals surface area contributed by atoms with E-state index in [0.29, 0.717) is 0 Å². The first-order valence-electron chi connectivity index (χ1n) is 6.91. The van der Waals surface area contributed by atoms with Crippen LogP contribution in [0.5, 0.6) is 0 Å². The predicted octanol–water partition coefficient (Wildman–Crippen LogP) is 4.28. The molecule has 1 rings (SSSR count). The molecule has 0 saturated carbocycles. The van der Waals surface area contributed by atoms with E-state index >= 15 is 0 Å². The Labute approximate surface area is 116 Å². The molecule has 0 aliphatic heterocycles. The van der Waals surface area contributed by atoms with E-state index in [9.17, 15) is 4.79 Å². The normalized spacial score (nSPS) is 12.4. The first-order chi connectivity index (χ1) is 8.83. The highest BCUT2D eigenvalue weighted by molar-refractivity contribution is 5.94. The average Bonchev–Trinajstić information content (AvgIpc) is 2.34. The van der Waals surface area contributed by atoms with E-state index in [1.165, 1.54) is 11.1 Å². The molecule has 0 aliphatic carbocycles. The predicted molar refractivity (Wildman–Crippen MR) is 82.2 cm³/mol. The van der Waals surface area contributed by atoms with Crippen LogP contribution in [0.4, 0.5) is 0 Å². The van der Waals surface area contributed by atoms with Crippen LogP contribution < -0.4 is 5.32 Å². The van der Waals surface area contributed by atoms with Crippen molar-refractivity contribution >= 4 is 11.5 Å². The van der Waals surface area contributed by atoms with Gasteiger partial charge < -0.3 is 5.32 Å². The molecule has 0 heterocycles. The minimum Gasteiger partial charge on any atom is -0.352 e. The lowest BCUT2D eigenvalue weighted by atomic mass is 9.91. The molecule has 2 nitrogen and oxygen atoms in total. The van der Waals surface area contributed by atoms with Gasteiger partial charge in [0.2, 0.25) is 0 Å². The molecule has 0 radical (unpaired) electrons. The molecule has 0 fully saturated rings. The van der Waals surface area contributed by atoms with Gasteiger partial charge in [-0.1, -0.05) is 45.9 Å². The second kappa shape index (κ2) is 6.55. The summed E-state index contributed by atoms with van der Waals surface area (Å²) in [5.74, 6) is 0.00542. The highest BCUT2D eigenvalue weighted by atomic mass is 16.1. The van der Waals surface area contributed by atoms with Gasteiger partial charge in [0.25, 0.3) is 5.91 Å². The number of benzene rings is 1. The van der Waals surface area contributed by atoms with Gasteiger partial charge in [-0.3, -0.25) is 4.79 Å². The van der Waals surface area contributed by atoms with Crippen molar-refractivity contribution in [2.24, 2.45) is 5.41 Å². The van der Waals surface area contributed by atoms with E-state index in [2.05, 4.69) is 39.1 Å². The van der Waals surface area contributed by atoms with Crippen LogP contribution in [-0.4, -0.2) is 12.5 Å². The summed E-state index contributed by atoms with van der Waals surface area (Å²) in [4.78, 5) is 11.8. The molecule has 0 spiro atoms. The third kappa shape index (κ3) is 5.29. The van der Waals surface area contributed by atoms with Crippen molar-refractivity contribution in [2.45, 2.75) is 41.0 Å². The quantitative estimate of drug-likeness (QED) is 0.859. The molecule has 19 heavy (non-hydrogen) atoms. The Morgan fingerprint density at radius 3 is 2.16 bits per heavy atom. The molecule has 1 N–H and O–H groups in total. The van der Waals surface area contributed by atoms with E-state index in [1.54, 1.807) is 0 Å². The lowest BCUT2D eigenvalue weighted by Crippen LogP contribution is -2.23. The first-order valence-corrected chi connectivity index (χ1v) is 6.91. The number of hydrogen-bond donors (Lipinski definition) is 1. The van der Waals surface area contributed by atoms with Crippen molar-refractivity contribution in [3.05, 3.63) is 41.5 Å². The van der Waals surface area contributed by atoms with E-state index in [-0.39, 0.29) is 11.3 Å². The third-order valence-corrected chi connectivity index (χ3v) is 2.79. The van der Waals surface area contributed by atoms with Gasteiger partial charge in [-0.25, -0.2) is 0 Å². The average molecular weight is 259 g/mol. The van der Waals surface area contributed by atoms with Crippen molar-refractivity contribution in [3.8, 4) is 0 Å². The van der Waals surface area contributed by atoms with Crippen molar-refractivity contribution in [2.75, 3.05) is 6.54 Å². The molecule has 1 aromatic carbocycles. The Morgan fingerprint density at radius 2 is 1.68 bits per heavy atom. The maximum atomic E-state index is 11.8. The molecule has 0 unspecified atom stereocenters. The number of rotatable bonds is 4. The number of amides is 1. The fourth-order valence-electron chi connectivity index (χ4n) is 1.96. The zero-order chi connectivity index (χ0) is 14.5. The fraction of sp³-hybridized carbons (Fsp3) is 0.471. The summed E-state index contributed by atoms with van der Waals surface area (Å²) in [6, 6.07) is 7.80. The van der Waals surface area contributed by atoms with Gasteiger partial charge in [0, 0.05) is 12.1 Å². The molecular weight excluding hydrogens is 234 g/mol. The molecule has 1 amide bonds. The Hall–Kier alpha value is -1.57. The molecule has 0 atom stereocenters. The first kappa shape index (κ1) is 15.5. The second-order valence-corrected chi connectivity index (χ2v) is 6.03. The highest BCUT2D eigenvalue weighted by Gasteiger charge is 2.08. The van der Waals surface area contributed by atoms with Crippen LogP contribution in [0.2, 0.25) is 0 Å². The van der Waals surface area contributed by atoms with Gasteiger partial charge in [-0.2, -0.15) is 0 Å². The van der Waals surface area contributed by atoms with E-state index in [0.717, 1.165) is 18.5 Å². The summed E-state index contributed by atoms with van der Waals surface area (Å²) in [6.45, 7) is 11.4. The van der Waals surface area contributed by atoms with E-state index < -0.39 is 0 Å². The smallest absolute Gasteiger partial charge is 0.251 e. The standard InChI is InChI=1S/C17H25NO/c1-6-11-18-16(19)15-9-7-14(8-10-15)13(2)12-17(3,4)5/h7-10,12H,6,11H2,1-5H3,(H,18,19)/b13-12+. The molecule has 0 saturated heterocycles. The van der Waals surface area contributed by atoms with Crippen LogP contribution in [0.1, 0.15) is 57.0 Å². The SMILES string of the molecule is CCCNC(=O)c1ccc(/C(C)=C/C(C)(C)C)cc1. The monoisotopic (exact) mass is 259 g/mol. The minimum absolute atomic E-state index is 0.00542. The molecule has 0 bridgehead atoms. The Kier molecular flexibility index (Phi) is 5.34. The lowest BCUT2D eigenvalue weighted by Gasteiger charge is -2.14. The van der Waals surface area contributed by atoms with Gasteiger partial charge >= 0.3 is 0 Å². The van der Waals surface area contributed by atoms with Gasteiger partial charge in [0.15, 0.2) is 0 Å². The van der Waals surface area contributed by atoms with Crippen LogP contribution in [0, 0.1) is 5.41 Å². The number of hydrogen-bond acceptors (Lipinski definition) is 1. The number of allylic oxidation sites excluding steroid dienone is 2. The number of carbonyl (C=O) groups excluding carboxylic acids is 1. The summed E-state index contributed by atoms with van der Waals surface area (Å²) in [6.07, 6.45) is 3.20. The van der Waals surface area contributed by atoms with Crippen molar-refractivity contribution in [1.82, 2.24) is 5.32 Å². The van der Waals surface area contributed by atoms with Crippen molar-refractivity contribution in [3.63, 3.8) is 0 Å². The molecule has 104 valence electrons. The van der Waals surface area contributed by atoms with Gasteiger partial charge in [-0.05, 0) is 42.0 Å². The molecule has 0 aliphatic rings. The van der Waals surface area contributed by atoms with E-state index in [4.69, 9.17) is 0 Å². The van der Waals surface area contributed by atoms with Crippen LogP contribution in [0.3, 0.4) is 0 Å². The van der Waals surface area contributed by atoms with Crippen LogP contribution in [0.25, 0.3) is 5.57 Å². The van der Waals surface area contributed by atoms with Gasteiger partial charge in [0.05, 0.1) is 0 Å². The van der Waals surface area contributed by atoms with Gasteiger partial charge in [-0.15, -0.1) is 0 Å². The van der Waals surface area contributed by atoms with Crippen LogP contribution >= 0.6 is 0 Å². The topological polar surface area (TPSA) is 29.1 Å². The molecule has 0 aromatic heterocycles. The zero-order valence-electron chi connectivity index (χ0n) is 12.7. The maximum absolute atomic E-state index is 11.8. The highest BCUT2D eigenvalue weighted by Crippen LogP contribution is 2.23. The Morgan fingerprint density at radius 1 is 1.16 bits per heavy atom. The summed E-state index contributed by atoms with van der Waals surface area (Å²) < 4.78 is 0. The largest absolute Gasteiger partial charge is 0.352 e. The number of carbonyl (C=O) groups is 1. The molecule has 1 aromatic rings.